The molecule has 0 atom stereocenters. The quantitative estimate of drug-likeness (QED) is 0.621. The van der Waals surface area contributed by atoms with E-state index in [9.17, 15) is 4.79 Å². The number of rotatable bonds is 2. The average molecular weight is 160 g/mol. The van der Waals surface area contributed by atoms with Gasteiger partial charge >= 0.3 is 0 Å². The molecule has 0 aromatic heterocycles. The Labute approximate surface area is 65.1 Å². The molecule has 0 unspecified atom stereocenters. The van der Waals surface area contributed by atoms with Crippen LogP contribution in [0, 0.1) is 0 Å². The molecule has 0 radical (unpaired) electrons. The highest BCUT2D eigenvalue weighted by molar-refractivity contribution is 7.99. The van der Waals surface area contributed by atoms with Gasteiger partial charge in [-0.1, -0.05) is 0 Å². The maximum Gasteiger partial charge on any atom is 0.246 e. The zero-order valence-corrected chi connectivity index (χ0v) is 6.91. The molecule has 1 N–H and O–H groups in total. The number of amides is 1. The number of carbonyl (C=O) groups is 1. The summed E-state index contributed by atoms with van der Waals surface area (Å²) in [6.07, 6.45) is 3.02. The first kappa shape index (κ1) is 7.88. The maximum absolute atomic E-state index is 11.1. The summed E-state index contributed by atoms with van der Waals surface area (Å²) >= 11 is 1.57. The van der Waals surface area contributed by atoms with Crippen molar-refractivity contribution in [2.24, 2.45) is 0 Å². The van der Waals surface area contributed by atoms with Crippen LogP contribution < -0.4 is 5.43 Å². The number of hydrogen-bond donors (Lipinski definition) is 1. The summed E-state index contributed by atoms with van der Waals surface area (Å²) in [5.74, 6) is 0.789. The molecule has 1 fully saturated rings. The van der Waals surface area contributed by atoms with Gasteiger partial charge in [0.1, 0.15) is 0 Å². The SMILES string of the molecule is CSCC(=O)N1CCCN1. The lowest BCUT2D eigenvalue weighted by atomic mass is 10.5. The van der Waals surface area contributed by atoms with Crippen LogP contribution in [0.1, 0.15) is 6.42 Å². The zero-order valence-electron chi connectivity index (χ0n) is 6.09. The van der Waals surface area contributed by atoms with Crippen molar-refractivity contribution < 1.29 is 4.79 Å². The van der Waals surface area contributed by atoms with Gasteiger partial charge in [0.25, 0.3) is 0 Å². The minimum Gasteiger partial charge on any atom is -0.277 e. The van der Waals surface area contributed by atoms with Gasteiger partial charge in [-0.2, -0.15) is 11.8 Å². The third-order valence-corrected chi connectivity index (χ3v) is 1.97. The first-order valence-electron chi connectivity index (χ1n) is 3.37. The van der Waals surface area contributed by atoms with Crippen molar-refractivity contribution in [2.45, 2.75) is 6.42 Å². The van der Waals surface area contributed by atoms with Crippen molar-refractivity contribution in [1.82, 2.24) is 10.4 Å². The van der Waals surface area contributed by atoms with Gasteiger partial charge in [-0.05, 0) is 12.7 Å². The summed E-state index contributed by atoms with van der Waals surface area (Å²) in [5.41, 5.74) is 3.01. The van der Waals surface area contributed by atoms with E-state index in [1.807, 2.05) is 6.26 Å². The second kappa shape index (κ2) is 3.83. The minimum atomic E-state index is 0.199. The molecule has 0 aromatic carbocycles. The summed E-state index contributed by atoms with van der Waals surface area (Å²) in [5, 5.41) is 1.70. The van der Waals surface area contributed by atoms with E-state index in [1.54, 1.807) is 16.8 Å². The van der Waals surface area contributed by atoms with Gasteiger partial charge < -0.3 is 0 Å². The van der Waals surface area contributed by atoms with Gasteiger partial charge in [-0.3, -0.25) is 9.80 Å². The molecule has 0 spiro atoms. The first-order valence-corrected chi connectivity index (χ1v) is 4.77. The monoisotopic (exact) mass is 160 g/mol. The Hall–Kier alpha value is -0.220. The Morgan fingerprint density at radius 3 is 3.10 bits per heavy atom. The number of hydrogen-bond acceptors (Lipinski definition) is 3. The molecular formula is C6H12N2OS. The lowest BCUT2D eigenvalue weighted by Gasteiger charge is -2.13. The first-order chi connectivity index (χ1) is 4.84. The summed E-state index contributed by atoms with van der Waals surface area (Å²) in [4.78, 5) is 11.1. The van der Waals surface area contributed by atoms with Crippen LogP contribution >= 0.6 is 11.8 Å². The third kappa shape index (κ3) is 1.88. The summed E-state index contributed by atoms with van der Waals surface area (Å²) in [6.45, 7) is 1.82. The van der Waals surface area contributed by atoms with Gasteiger partial charge in [0.15, 0.2) is 0 Å². The fraction of sp³-hybridized carbons (Fsp3) is 0.833. The Balaban J connectivity index is 2.25. The van der Waals surface area contributed by atoms with E-state index in [-0.39, 0.29) is 5.91 Å². The van der Waals surface area contributed by atoms with E-state index in [4.69, 9.17) is 0 Å². The Kier molecular flexibility index (Phi) is 3.02. The van der Waals surface area contributed by atoms with Crippen LogP contribution in [0.3, 0.4) is 0 Å². The molecule has 58 valence electrons. The van der Waals surface area contributed by atoms with Gasteiger partial charge in [-0.25, -0.2) is 5.43 Å². The van der Waals surface area contributed by atoms with Crippen LogP contribution in [0.15, 0.2) is 0 Å². The molecule has 1 aliphatic heterocycles. The van der Waals surface area contributed by atoms with Crippen LogP contribution in [0.25, 0.3) is 0 Å². The highest BCUT2D eigenvalue weighted by Crippen LogP contribution is 2.00. The van der Waals surface area contributed by atoms with Gasteiger partial charge in [0.05, 0.1) is 5.75 Å². The van der Waals surface area contributed by atoms with Crippen LogP contribution in [-0.2, 0) is 4.79 Å². The lowest BCUT2D eigenvalue weighted by molar-refractivity contribution is -0.129. The molecule has 0 saturated carbocycles. The molecule has 1 saturated heterocycles. The fourth-order valence-corrected chi connectivity index (χ4v) is 1.35. The van der Waals surface area contributed by atoms with E-state index in [0.29, 0.717) is 5.75 Å². The third-order valence-electron chi connectivity index (χ3n) is 1.43. The van der Waals surface area contributed by atoms with Gasteiger partial charge in [0.2, 0.25) is 5.91 Å². The number of thioether (sulfide) groups is 1. The predicted molar refractivity (Wildman–Crippen MR) is 42.7 cm³/mol. The van der Waals surface area contributed by atoms with E-state index in [0.717, 1.165) is 19.5 Å². The smallest absolute Gasteiger partial charge is 0.246 e. The van der Waals surface area contributed by atoms with E-state index >= 15 is 0 Å². The fourth-order valence-electron chi connectivity index (χ4n) is 0.945. The highest BCUT2D eigenvalue weighted by Gasteiger charge is 2.15. The molecule has 4 heteroatoms. The van der Waals surface area contributed by atoms with E-state index in [2.05, 4.69) is 5.43 Å². The van der Waals surface area contributed by atoms with Gasteiger partial charge in [-0.15, -0.1) is 0 Å². The number of nitrogens with zero attached hydrogens (tertiary/aromatic N) is 1. The Bertz CT molecular complexity index is 123. The molecule has 1 heterocycles. The molecule has 0 bridgehead atoms. The standard InChI is InChI=1S/C6H12N2OS/c1-10-5-6(9)8-4-2-3-7-8/h7H,2-5H2,1H3. The molecule has 3 nitrogen and oxygen atoms in total. The number of nitrogens with one attached hydrogen (secondary N) is 1. The summed E-state index contributed by atoms with van der Waals surface area (Å²) in [7, 11) is 0. The minimum absolute atomic E-state index is 0.199. The largest absolute Gasteiger partial charge is 0.277 e. The van der Waals surface area contributed by atoms with Crippen molar-refractivity contribution in [3.8, 4) is 0 Å². The molecule has 0 aliphatic carbocycles. The second-order valence-electron chi connectivity index (χ2n) is 2.24. The number of carbonyl (C=O) groups excluding carboxylic acids is 1. The normalized spacial score (nSPS) is 17.9. The van der Waals surface area contributed by atoms with E-state index < -0.39 is 0 Å². The molecule has 1 aliphatic rings. The average Bonchev–Trinajstić information content (AvgIpc) is 2.38. The predicted octanol–water partition coefficient (Wildman–Crippen LogP) is 0.0863. The van der Waals surface area contributed by atoms with Gasteiger partial charge in [0, 0.05) is 13.1 Å². The lowest BCUT2D eigenvalue weighted by Crippen LogP contribution is -2.37. The Morgan fingerprint density at radius 2 is 2.60 bits per heavy atom. The van der Waals surface area contributed by atoms with Crippen LogP contribution in [-0.4, -0.2) is 36.0 Å². The van der Waals surface area contributed by atoms with Crippen molar-refractivity contribution in [3.05, 3.63) is 0 Å². The zero-order chi connectivity index (χ0) is 7.40. The van der Waals surface area contributed by atoms with Crippen LogP contribution in [0.2, 0.25) is 0 Å². The maximum atomic E-state index is 11.1. The molecule has 10 heavy (non-hydrogen) atoms. The van der Waals surface area contributed by atoms with Crippen molar-refractivity contribution >= 4 is 17.7 Å². The summed E-state index contributed by atoms with van der Waals surface area (Å²) in [6, 6.07) is 0. The summed E-state index contributed by atoms with van der Waals surface area (Å²) < 4.78 is 0. The van der Waals surface area contributed by atoms with Crippen LogP contribution in [0.5, 0.6) is 0 Å². The van der Waals surface area contributed by atoms with Crippen molar-refractivity contribution in [2.75, 3.05) is 25.1 Å². The highest BCUT2D eigenvalue weighted by atomic mass is 32.2. The Morgan fingerprint density at radius 1 is 1.80 bits per heavy atom. The molecular weight excluding hydrogens is 148 g/mol. The van der Waals surface area contributed by atoms with Crippen LogP contribution in [0.4, 0.5) is 0 Å². The molecule has 1 rings (SSSR count). The topological polar surface area (TPSA) is 32.3 Å². The molecule has 1 amide bonds. The van der Waals surface area contributed by atoms with Crippen molar-refractivity contribution in [1.29, 1.82) is 0 Å². The van der Waals surface area contributed by atoms with Crippen molar-refractivity contribution in [3.63, 3.8) is 0 Å². The van der Waals surface area contributed by atoms with E-state index in [1.165, 1.54) is 0 Å². The second-order valence-corrected chi connectivity index (χ2v) is 3.11. The number of hydrazine groups is 1. The molecule has 0 aromatic rings.